The van der Waals surface area contributed by atoms with E-state index in [-0.39, 0.29) is 0 Å². The van der Waals surface area contributed by atoms with Crippen LogP contribution in [0.1, 0.15) is 43.6 Å². The van der Waals surface area contributed by atoms with Crippen LogP contribution in [0.15, 0.2) is 36.6 Å². The molecule has 0 radical (unpaired) electrons. The third-order valence-corrected chi connectivity index (χ3v) is 5.52. The van der Waals surface area contributed by atoms with E-state index >= 15 is 0 Å². The van der Waals surface area contributed by atoms with Crippen molar-refractivity contribution < 1.29 is 9.53 Å². The zero-order chi connectivity index (χ0) is 16.4. The zero-order valence-corrected chi connectivity index (χ0v) is 14.2. The van der Waals surface area contributed by atoms with E-state index in [4.69, 9.17) is 4.74 Å². The Hall–Kier alpha value is -1.97. The highest BCUT2D eigenvalue weighted by atomic mass is 16.5. The molecule has 4 heteroatoms. The van der Waals surface area contributed by atoms with Crippen molar-refractivity contribution >= 4 is 11.6 Å². The summed E-state index contributed by atoms with van der Waals surface area (Å²) in [6.45, 7) is 3.85. The molecule has 0 aromatic heterocycles. The van der Waals surface area contributed by atoms with Crippen molar-refractivity contribution in [2.24, 2.45) is 0 Å². The number of allylic oxidation sites excluding steroid dienone is 1. The number of hydrogen-bond donors (Lipinski definition) is 0. The molecule has 1 aromatic carbocycles. The zero-order valence-electron chi connectivity index (χ0n) is 14.2. The third-order valence-electron chi connectivity index (χ3n) is 5.52. The summed E-state index contributed by atoms with van der Waals surface area (Å²) in [5.74, 6) is 0.856. The first kappa shape index (κ1) is 15.6. The van der Waals surface area contributed by atoms with E-state index < -0.39 is 0 Å². The number of fused-ring (bicyclic) bond motifs is 1. The molecule has 1 aromatic rings. The number of hydrogen-bond acceptors (Lipinski definition) is 3. The summed E-state index contributed by atoms with van der Waals surface area (Å²) in [5.41, 5.74) is 2.80. The first-order chi connectivity index (χ1) is 11.8. The molecule has 3 aliphatic rings. The molecule has 0 bridgehead atoms. The maximum absolute atomic E-state index is 11.8. The Bertz CT molecular complexity index is 628. The van der Waals surface area contributed by atoms with Gasteiger partial charge in [0, 0.05) is 37.7 Å². The minimum Gasteiger partial charge on any atom is -0.497 e. The highest BCUT2D eigenvalue weighted by molar-refractivity contribution is 5.78. The molecule has 0 spiro atoms. The summed E-state index contributed by atoms with van der Waals surface area (Å²) in [5, 5.41) is 0. The van der Waals surface area contributed by atoms with E-state index in [1.807, 2.05) is 11.2 Å². The van der Waals surface area contributed by atoms with Gasteiger partial charge in [0.2, 0.25) is 5.91 Å². The average molecular weight is 326 g/mol. The monoisotopic (exact) mass is 326 g/mol. The molecule has 4 rings (SSSR count). The van der Waals surface area contributed by atoms with Gasteiger partial charge >= 0.3 is 0 Å². The molecule has 0 saturated carbocycles. The Morgan fingerprint density at radius 2 is 2.12 bits per heavy atom. The lowest BCUT2D eigenvalue weighted by atomic mass is 9.98. The number of carbonyl (C=O) groups is 1. The number of rotatable bonds is 5. The second-order valence-corrected chi connectivity index (χ2v) is 7.14. The van der Waals surface area contributed by atoms with Gasteiger partial charge in [-0.25, -0.2) is 0 Å². The molecule has 2 atom stereocenters. The molecule has 0 N–H and O–H groups in total. The molecule has 2 unspecified atom stereocenters. The van der Waals surface area contributed by atoms with Crippen molar-refractivity contribution in [2.45, 2.75) is 44.1 Å². The Morgan fingerprint density at radius 1 is 1.21 bits per heavy atom. The fourth-order valence-corrected chi connectivity index (χ4v) is 4.22. The standard InChI is InChI=1S/C20H26N2O2/c23-20-9-5-11-21(20)12-10-16-14-22(15-17-6-3-4-13-24-17)19-8-2-1-7-18(16)19/h1-2,4,7-8,13,16-17H,3,5-6,9-12,14-15H2. The quantitative estimate of drug-likeness (QED) is 0.832. The predicted octanol–water partition coefficient (Wildman–Crippen LogP) is 3.30. The number of benzene rings is 1. The summed E-state index contributed by atoms with van der Waals surface area (Å²) in [6.07, 6.45) is 9.28. The molecule has 4 nitrogen and oxygen atoms in total. The van der Waals surface area contributed by atoms with Gasteiger partial charge in [0.15, 0.2) is 0 Å². The van der Waals surface area contributed by atoms with E-state index in [9.17, 15) is 4.79 Å². The molecule has 3 aliphatic heterocycles. The van der Waals surface area contributed by atoms with Gasteiger partial charge in [0.25, 0.3) is 0 Å². The van der Waals surface area contributed by atoms with Gasteiger partial charge in [0.1, 0.15) is 6.10 Å². The van der Waals surface area contributed by atoms with Crippen molar-refractivity contribution in [3.63, 3.8) is 0 Å². The number of nitrogens with zero attached hydrogens (tertiary/aromatic N) is 2. The van der Waals surface area contributed by atoms with Gasteiger partial charge in [0.05, 0.1) is 12.8 Å². The smallest absolute Gasteiger partial charge is 0.222 e. The number of anilines is 1. The summed E-state index contributed by atoms with van der Waals surface area (Å²) < 4.78 is 5.77. The van der Waals surface area contributed by atoms with Crippen LogP contribution >= 0.6 is 0 Å². The lowest BCUT2D eigenvalue weighted by molar-refractivity contribution is -0.127. The van der Waals surface area contributed by atoms with Crippen LogP contribution < -0.4 is 4.90 Å². The Balaban J connectivity index is 1.42. The molecular weight excluding hydrogens is 300 g/mol. The predicted molar refractivity (Wildman–Crippen MR) is 95.1 cm³/mol. The Kier molecular flexibility index (Phi) is 4.46. The lowest BCUT2D eigenvalue weighted by Crippen LogP contribution is -2.34. The second-order valence-electron chi connectivity index (χ2n) is 7.14. The molecule has 1 amide bonds. The fourth-order valence-electron chi connectivity index (χ4n) is 4.22. The highest BCUT2D eigenvalue weighted by Gasteiger charge is 2.31. The van der Waals surface area contributed by atoms with E-state index in [1.165, 1.54) is 11.3 Å². The van der Waals surface area contributed by atoms with Crippen LogP contribution in [-0.2, 0) is 9.53 Å². The van der Waals surface area contributed by atoms with E-state index in [0.29, 0.717) is 17.9 Å². The van der Waals surface area contributed by atoms with Crippen LogP contribution in [0.4, 0.5) is 5.69 Å². The first-order valence-electron chi connectivity index (χ1n) is 9.23. The Morgan fingerprint density at radius 3 is 2.92 bits per heavy atom. The van der Waals surface area contributed by atoms with Crippen molar-refractivity contribution in [3.05, 3.63) is 42.2 Å². The number of ether oxygens (including phenoxy) is 1. The molecule has 1 saturated heterocycles. The van der Waals surface area contributed by atoms with Crippen LogP contribution in [0.3, 0.4) is 0 Å². The summed E-state index contributed by atoms with van der Waals surface area (Å²) >= 11 is 0. The fraction of sp³-hybridized carbons (Fsp3) is 0.550. The minimum atomic E-state index is 0.293. The maximum Gasteiger partial charge on any atom is 0.222 e. The molecule has 0 aliphatic carbocycles. The van der Waals surface area contributed by atoms with Gasteiger partial charge in [-0.1, -0.05) is 18.2 Å². The molecule has 128 valence electrons. The van der Waals surface area contributed by atoms with Crippen LogP contribution in [0.5, 0.6) is 0 Å². The first-order valence-corrected chi connectivity index (χ1v) is 9.23. The van der Waals surface area contributed by atoms with E-state index in [0.717, 1.165) is 58.3 Å². The van der Waals surface area contributed by atoms with Crippen molar-refractivity contribution in [1.29, 1.82) is 0 Å². The highest BCUT2D eigenvalue weighted by Crippen LogP contribution is 2.38. The number of para-hydroxylation sites is 1. The summed E-state index contributed by atoms with van der Waals surface area (Å²) in [7, 11) is 0. The molecule has 24 heavy (non-hydrogen) atoms. The summed E-state index contributed by atoms with van der Waals surface area (Å²) in [4.78, 5) is 16.4. The summed E-state index contributed by atoms with van der Waals surface area (Å²) in [6, 6.07) is 8.75. The van der Waals surface area contributed by atoms with Crippen molar-refractivity contribution in [2.75, 3.05) is 31.1 Å². The number of amides is 1. The van der Waals surface area contributed by atoms with Crippen molar-refractivity contribution in [1.82, 2.24) is 4.90 Å². The van der Waals surface area contributed by atoms with Gasteiger partial charge in [-0.2, -0.15) is 0 Å². The number of likely N-dealkylation sites (tertiary alicyclic amines) is 1. The normalized spacial score (nSPS) is 25.9. The van der Waals surface area contributed by atoms with Crippen molar-refractivity contribution in [3.8, 4) is 0 Å². The maximum atomic E-state index is 11.8. The third kappa shape index (κ3) is 3.14. The van der Waals surface area contributed by atoms with Crippen LogP contribution in [-0.4, -0.2) is 43.1 Å². The van der Waals surface area contributed by atoms with Crippen LogP contribution in [0.25, 0.3) is 0 Å². The van der Waals surface area contributed by atoms with E-state index in [2.05, 4.69) is 35.2 Å². The van der Waals surface area contributed by atoms with E-state index in [1.54, 1.807) is 0 Å². The molecular formula is C20H26N2O2. The van der Waals surface area contributed by atoms with Crippen LogP contribution in [0, 0.1) is 0 Å². The van der Waals surface area contributed by atoms with Gasteiger partial charge in [-0.3, -0.25) is 4.79 Å². The SMILES string of the molecule is O=C1CCCN1CCC1CN(CC2CCC=CO2)c2ccccc21. The number of carbonyl (C=O) groups excluding carboxylic acids is 1. The molecule has 1 fully saturated rings. The second kappa shape index (κ2) is 6.88. The van der Waals surface area contributed by atoms with Gasteiger partial charge in [-0.15, -0.1) is 0 Å². The topological polar surface area (TPSA) is 32.8 Å². The largest absolute Gasteiger partial charge is 0.497 e. The molecule has 3 heterocycles. The van der Waals surface area contributed by atoms with Gasteiger partial charge in [-0.05, 0) is 43.4 Å². The average Bonchev–Trinajstić information content (AvgIpc) is 3.18. The lowest BCUT2D eigenvalue weighted by Gasteiger charge is -2.27. The minimum absolute atomic E-state index is 0.293. The Labute approximate surface area is 144 Å². The van der Waals surface area contributed by atoms with Gasteiger partial charge < -0.3 is 14.5 Å². The van der Waals surface area contributed by atoms with Crippen LogP contribution in [0.2, 0.25) is 0 Å².